The van der Waals surface area contributed by atoms with E-state index in [1.54, 1.807) is 30.6 Å². The quantitative estimate of drug-likeness (QED) is 0.400. The molecule has 0 aliphatic heterocycles. The van der Waals surface area contributed by atoms with Crippen LogP contribution in [0, 0.1) is 5.82 Å². The molecule has 9 heteroatoms. The van der Waals surface area contributed by atoms with E-state index in [1.807, 2.05) is 29.8 Å². The molecule has 0 spiro atoms. The smallest absolute Gasteiger partial charge is 0.160 e. The van der Waals surface area contributed by atoms with E-state index < -0.39 is 5.82 Å². The maximum Gasteiger partial charge on any atom is 0.160 e. The van der Waals surface area contributed by atoms with Gasteiger partial charge in [0.1, 0.15) is 34.3 Å². The highest BCUT2D eigenvalue weighted by Crippen LogP contribution is 2.30. The van der Waals surface area contributed by atoms with Crippen molar-refractivity contribution in [3.63, 3.8) is 0 Å². The van der Waals surface area contributed by atoms with Crippen LogP contribution in [-0.4, -0.2) is 24.5 Å². The van der Waals surface area contributed by atoms with E-state index in [0.29, 0.717) is 33.5 Å². The van der Waals surface area contributed by atoms with Crippen LogP contribution in [0.15, 0.2) is 61.2 Å². The van der Waals surface area contributed by atoms with Gasteiger partial charge in [0.2, 0.25) is 0 Å². The average molecular weight is 421 g/mol. The molecule has 0 bridgehead atoms. The number of benzene rings is 2. The standard InChI is InChI=1S/C21H14ClFN6O/c1-29-11-26-17-9-13(3-6-18(17)29)30-12-2-4-15(14(23)8-12)27-21-20-16(24-10-25-21)5-7-19(22)28-20/h2-11H,1H3,(H,24,25,27). The van der Waals surface area contributed by atoms with Gasteiger partial charge in [-0.1, -0.05) is 11.6 Å². The first-order chi connectivity index (χ1) is 14.6. The zero-order valence-corrected chi connectivity index (χ0v) is 16.4. The Bertz CT molecular complexity index is 1400. The Hall–Kier alpha value is -3.78. The maximum absolute atomic E-state index is 14.7. The fraction of sp³-hybridized carbons (Fsp3) is 0.0476. The molecule has 1 N–H and O–H groups in total. The predicted octanol–water partition coefficient (Wildman–Crippen LogP) is 5.24. The Morgan fingerprint density at radius 1 is 0.967 bits per heavy atom. The molecule has 3 heterocycles. The van der Waals surface area contributed by atoms with Crippen molar-refractivity contribution in [2.24, 2.45) is 7.05 Å². The minimum atomic E-state index is -0.500. The lowest BCUT2D eigenvalue weighted by Gasteiger charge is -2.11. The monoisotopic (exact) mass is 420 g/mol. The van der Waals surface area contributed by atoms with Gasteiger partial charge in [-0.2, -0.15) is 0 Å². The summed E-state index contributed by atoms with van der Waals surface area (Å²) < 4.78 is 22.4. The number of fused-ring (bicyclic) bond motifs is 2. The van der Waals surface area contributed by atoms with E-state index in [9.17, 15) is 4.39 Å². The van der Waals surface area contributed by atoms with Crippen molar-refractivity contribution in [2.75, 3.05) is 5.32 Å². The Morgan fingerprint density at radius 3 is 2.67 bits per heavy atom. The van der Waals surface area contributed by atoms with Crippen LogP contribution >= 0.6 is 11.6 Å². The molecule has 0 fully saturated rings. The molecule has 0 radical (unpaired) electrons. The van der Waals surface area contributed by atoms with Crippen LogP contribution in [-0.2, 0) is 7.05 Å². The molecule has 0 saturated carbocycles. The van der Waals surface area contributed by atoms with E-state index in [2.05, 4.69) is 25.3 Å². The molecule has 0 amide bonds. The van der Waals surface area contributed by atoms with Crippen LogP contribution in [0.1, 0.15) is 0 Å². The number of hydrogen-bond acceptors (Lipinski definition) is 6. The van der Waals surface area contributed by atoms with Crippen LogP contribution in [0.4, 0.5) is 15.9 Å². The Balaban J connectivity index is 1.41. The van der Waals surface area contributed by atoms with Crippen LogP contribution < -0.4 is 10.1 Å². The summed E-state index contributed by atoms with van der Waals surface area (Å²) in [6.07, 6.45) is 3.11. The van der Waals surface area contributed by atoms with Gasteiger partial charge in [0.25, 0.3) is 0 Å². The number of nitrogens with zero attached hydrogens (tertiary/aromatic N) is 5. The molecule has 0 aliphatic carbocycles. The molecule has 7 nitrogen and oxygen atoms in total. The van der Waals surface area contributed by atoms with E-state index in [0.717, 1.165) is 11.0 Å². The van der Waals surface area contributed by atoms with Crippen molar-refractivity contribution >= 4 is 45.2 Å². The summed E-state index contributed by atoms with van der Waals surface area (Å²) in [5.41, 5.74) is 3.06. The molecular formula is C21H14ClFN6O. The molecular weight excluding hydrogens is 407 g/mol. The number of halogens is 2. The van der Waals surface area contributed by atoms with Crippen LogP contribution in [0.3, 0.4) is 0 Å². The normalized spacial score (nSPS) is 11.2. The van der Waals surface area contributed by atoms with Crippen molar-refractivity contribution in [1.82, 2.24) is 24.5 Å². The van der Waals surface area contributed by atoms with Gasteiger partial charge < -0.3 is 14.6 Å². The number of hydrogen-bond donors (Lipinski definition) is 1. The molecule has 2 aromatic carbocycles. The van der Waals surface area contributed by atoms with E-state index in [1.165, 1.54) is 12.4 Å². The molecule has 0 aliphatic rings. The van der Waals surface area contributed by atoms with Gasteiger partial charge in [-0.05, 0) is 36.4 Å². The summed E-state index contributed by atoms with van der Waals surface area (Å²) in [5, 5.41) is 3.25. The summed E-state index contributed by atoms with van der Waals surface area (Å²) in [6, 6.07) is 13.4. The van der Waals surface area contributed by atoms with Crippen molar-refractivity contribution in [3.05, 3.63) is 72.2 Å². The van der Waals surface area contributed by atoms with Crippen LogP contribution in [0.5, 0.6) is 11.5 Å². The molecule has 5 aromatic rings. The van der Waals surface area contributed by atoms with Crippen molar-refractivity contribution in [2.45, 2.75) is 0 Å². The molecule has 0 unspecified atom stereocenters. The lowest BCUT2D eigenvalue weighted by atomic mass is 10.2. The first-order valence-corrected chi connectivity index (χ1v) is 9.37. The minimum absolute atomic E-state index is 0.226. The highest BCUT2D eigenvalue weighted by atomic mass is 35.5. The molecule has 5 rings (SSSR count). The third-order valence-electron chi connectivity index (χ3n) is 4.57. The van der Waals surface area contributed by atoms with E-state index in [-0.39, 0.29) is 5.69 Å². The molecule has 0 saturated heterocycles. The van der Waals surface area contributed by atoms with Gasteiger partial charge in [0.15, 0.2) is 5.82 Å². The fourth-order valence-electron chi connectivity index (χ4n) is 3.11. The topological polar surface area (TPSA) is 77.8 Å². The Labute approximate surface area is 175 Å². The predicted molar refractivity (Wildman–Crippen MR) is 113 cm³/mol. The van der Waals surface area contributed by atoms with Crippen molar-refractivity contribution in [1.29, 1.82) is 0 Å². The zero-order chi connectivity index (χ0) is 20.7. The van der Waals surface area contributed by atoms with Crippen molar-refractivity contribution in [3.8, 4) is 11.5 Å². The number of nitrogens with one attached hydrogen (secondary N) is 1. The first-order valence-electron chi connectivity index (χ1n) is 8.99. The van der Waals surface area contributed by atoms with E-state index >= 15 is 0 Å². The highest BCUT2D eigenvalue weighted by molar-refractivity contribution is 6.29. The summed E-state index contributed by atoms with van der Waals surface area (Å²) >= 11 is 5.97. The SMILES string of the molecule is Cn1cnc2cc(Oc3ccc(Nc4ncnc5ccc(Cl)nc45)c(F)c3)ccc21. The Morgan fingerprint density at radius 2 is 1.80 bits per heavy atom. The second-order valence-electron chi connectivity index (χ2n) is 6.60. The largest absolute Gasteiger partial charge is 0.457 e. The summed E-state index contributed by atoms with van der Waals surface area (Å²) in [7, 11) is 1.92. The minimum Gasteiger partial charge on any atom is -0.457 e. The lowest BCUT2D eigenvalue weighted by Crippen LogP contribution is -2.00. The summed E-state index contributed by atoms with van der Waals surface area (Å²) in [4.78, 5) is 16.8. The van der Waals surface area contributed by atoms with Crippen LogP contribution in [0.2, 0.25) is 5.15 Å². The number of pyridine rings is 1. The average Bonchev–Trinajstić information content (AvgIpc) is 3.10. The summed E-state index contributed by atoms with van der Waals surface area (Å²) in [6.45, 7) is 0. The number of rotatable bonds is 4. The third-order valence-corrected chi connectivity index (χ3v) is 4.78. The van der Waals surface area contributed by atoms with Gasteiger partial charge in [-0.15, -0.1) is 0 Å². The highest BCUT2D eigenvalue weighted by Gasteiger charge is 2.11. The second kappa shape index (κ2) is 7.23. The number of imidazole rings is 1. The van der Waals surface area contributed by atoms with Crippen LogP contribution in [0.25, 0.3) is 22.1 Å². The van der Waals surface area contributed by atoms with Gasteiger partial charge in [-0.3, -0.25) is 0 Å². The molecule has 30 heavy (non-hydrogen) atoms. The van der Waals surface area contributed by atoms with Gasteiger partial charge >= 0.3 is 0 Å². The second-order valence-corrected chi connectivity index (χ2v) is 6.99. The molecule has 0 atom stereocenters. The van der Waals surface area contributed by atoms with E-state index in [4.69, 9.17) is 16.3 Å². The zero-order valence-electron chi connectivity index (χ0n) is 15.7. The third kappa shape index (κ3) is 3.37. The number of ether oxygens (including phenoxy) is 1. The molecule has 148 valence electrons. The first kappa shape index (κ1) is 18.3. The van der Waals surface area contributed by atoms with Crippen molar-refractivity contribution < 1.29 is 9.13 Å². The van der Waals surface area contributed by atoms with Gasteiger partial charge in [0, 0.05) is 19.2 Å². The van der Waals surface area contributed by atoms with Gasteiger partial charge in [-0.25, -0.2) is 24.3 Å². The van der Waals surface area contributed by atoms with Gasteiger partial charge in [0.05, 0.1) is 28.6 Å². The Kier molecular flexibility index (Phi) is 4.40. The molecule has 3 aromatic heterocycles. The fourth-order valence-corrected chi connectivity index (χ4v) is 3.26. The summed E-state index contributed by atoms with van der Waals surface area (Å²) in [5.74, 6) is 0.792. The maximum atomic E-state index is 14.7. The number of anilines is 2. The lowest BCUT2D eigenvalue weighted by molar-refractivity contribution is 0.478. The number of aromatic nitrogens is 5. The number of aryl methyl sites for hydroxylation is 1.